The van der Waals surface area contributed by atoms with E-state index in [1.165, 1.54) is 5.56 Å². The third-order valence-corrected chi connectivity index (χ3v) is 5.64. The van der Waals surface area contributed by atoms with Crippen molar-refractivity contribution in [3.63, 3.8) is 0 Å². The predicted octanol–water partition coefficient (Wildman–Crippen LogP) is 2.50. The van der Waals surface area contributed by atoms with Crippen molar-refractivity contribution in [1.82, 2.24) is 25.0 Å². The number of fused-ring (bicyclic) bond motifs is 1. The predicted molar refractivity (Wildman–Crippen MR) is 122 cm³/mol. The van der Waals surface area contributed by atoms with E-state index < -0.39 is 0 Å². The van der Waals surface area contributed by atoms with Gasteiger partial charge >= 0.3 is 0 Å². The van der Waals surface area contributed by atoms with Crippen LogP contribution in [0.1, 0.15) is 29.3 Å². The second kappa shape index (κ2) is 9.67. The first-order valence-corrected chi connectivity index (χ1v) is 11.0. The van der Waals surface area contributed by atoms with Crippen molar-refractivity contribution in [2.45, 2.75) is 40.0 Å². The molecule has 2 aromatic heterocycles. The third-order valence-electron chi connectivity index (χ3n) is 5.64. The molecule has 0 aliphatic carbocycles. The molecule has 3 heterocycles. The van der Waals surface area contributed by atoms with E-state index in [-0.39, 0.29) is 18.6 Å². The fraction of sp³-hybridized carbons (Fsp3) is 0.458. The molecule has 0 saturated carbocycles. The molecule has 8 heteroatoms. The SMILES string of the molecule is Cc1cc(C)c2c(OCC(=O)NCc3cccc(CN4CCOC(C)C4)c3)nn(C)c2n1. The minimum Gasteiger partial charge on any atom is -0.466 e. The number of rotatable bonds is 7. The maximum atomic E-state index is 12.4. The third kappa shape index (κ3) is 5.26. The number of benzene rings is 1. The molecular formula is C24H31N5O3. The summed E-state index contributed by atoms with van der Waals surface area (Å²) in [5.74, 6) is 0.248. The van der Waals surface area contributed by atoms with Crippen LogP contribution in [0.25, 0.3) is 11.0 Å². The first kappa shape index (κ1) is 22.2. The Morgan fingerprint density at radius 3 is 2.91 bits per heavy atom. The number of carbonyl (C=O) groups is 1. The molecule has 0 radical (unpaired) electrons. The van der Waals surface area contributed by atoms with Crippen molar-refractivity contribution in [2.24, 2.45) is 7.05 Å². The fourth-order valence-corrected chi connectivity index (χ4v) is 4.17. The van der Waals surface area contributed by atoms with E-state index in [4.69, 9.17) is 9.47 Å². The van der Waals surface area contributed by atoms with Gasteiger partial charge < -0.3 is 14.8 Å². The molecule has 1 fully saturated rings. The number of hydrogen-bond acceptors (Lipinski definition) is 6. The van der Waals surface area contributed by atoms with Crippen LogP contribution in [0.2, 0.25) is 0 Å². The van der Waals surface area contributed by atoms with E-state index in [0.29, 0.717) is 12.4 Å². The van der Waals surface area contributed by atoms with Crippen LogP contribution in [0.15, 0.2) is 30.3 Å². The first-order valence-electron chi connectivity index (χ1n) is 11.0. The van der Waals surface area contributed by atoms with Crippen molar-refractivity contribution >= 4 is 16.9 Å². The zero-order chi connectivity index (χ0) is 22.7. The molecule has 0 bridgehead atoms. The standard InChI is InChI=1S/C24H31N5O3/c1-16-10-17(2)26-23-22(16)24(27-28(23)4)32-15-21(30)25-12-19-6-5-7-20(11-19)14-29-8-9-31-18(3)13-29/h5-7,10-11,18H,8-9,12-15H2,1-4H3,(H,25,30). The van der Waals surface area contributed by atoms with Gasteiger partial charge in [0.05, 0.1) is 18.1 Å². The number of aromatic nitrogens is 3. The number of nitrogens with one attached hydrogen (secondary N) is 1. The van der Waals surface area contributed by atoms with Gasteiger partial charge in [0.25, 0.3) is 5.91 Å². The highest BCUT2D eigenvalue weighted by Gasteiger charge is 2.17. The van der Waals surface area contributed by atoms with Crippen molar-refractivity contribution in [3.8, 4) is 5.88 Å². The van der Waals surface area contributed by atoms with Crippen molar-refractivity contribution in [3.05, 3.63) is 52.7 Å². The van der Waals surface area contributed by atoms with E-state index in [1.54, 1.807) is 4.68 Å². The zero-order valence-corrected chi connectivity index (χ0v) is 19.2. The average molecular weight is 438 g/mol. The van der Waals surface area contributed by atoms with Gasteiger partial charge in [-0.2, -0.15) is 0 Å². The molecule has 0 spiro atoms. The lowest BCUT2D eigenvalue weighted by molar-refractivity contribution is -0.123. The topological polar surface area (TPSA) is 81.5 Å². The van der Waals surface area contributed by atoms with E-state index in [9.17, 15) is 4.79 Å². The molecule has 170 valence electrons. The number of pyridine rings is 1. The average Bonchev–Trinajstić information content (AvgIpc) is 3.07. The van der Waals surface area contributed by atoms with Gasteiger partial charge in [-0.25, -0.2) is 9.67 Å². The largest absolute Gasteiger partial charge is 0.466 e. The Kier molecular flexibility index (Phi) is 6.72. The molecule has 1 amide bonds. The Bertz CT molecular complexity index is 1110. The minimum absolute atomic E-state index is 0.0925. The van der Waals surface area contributed by atoms with E-state index >= 15 is 0 Å². The van der Waals surface area contributed by atoms with Crippen LogP contribution in [0.4, 0.5) is 0 Å². The number of ether oxygens (including phenoxy) is 2. The van der Waals surface area contributed by atoms with Gasteiger partial charge in [-0.1, -0.05) is 24.3 Å². The first-order chi connectivity index (χ1) is 15.4. The van der Waals surface area contributed by atoms with Crippen LogP contribution in [-0.4, -0.2) is 58.0 Å². The quantitative estimate of drug-likeness (QED) is 0.612. The molecular weight excluding hydrogens is 406 g/mol. The van der Waals surface area contributed by atoms with Crippen LogP contribution >= 0.6 is 0 Å². The van der Waals surface area contributed by atoms with E-state index in [1.807, 2.05) is 39.1 Å². The fourth-order valence-electron chi connectivity index (χ4n) is 4.17. The molecule has 1 unspecified atom stereocenters. The van der Waals surface area contributed by atoms with Gasteiger partial charge in [0, 0.05) is 38.9 Å². The highest BCUT2D eigenvalue weighted by Crippen LogP contribution is 2.27. The summed E-state index contributed by atoms with van der Waals surface area (Å²) in [7, 11) is 1.83. The van der Waals surface area contributed by atoms with Gasteiger partial charge in [0.15, 0.2) is 12.3 Å². The van der Waals surface area contributed by atoms with Crippen molar-refractivity contribution < 1.29 is 14.3 Å². The van der Waals surface area contributed by atoms with Crippen LogP contribution in [-0.2, 0) is 29.7 Å². The lowest BCUT2D eigenvalue weighted by atomic mass is 10.1. The van der Waals surface area contributed by atoms with E-state index in [0.717, 1.165) is 54.1 Å². The number of carbonyl (C=O) groups excluding carboxylic acids is 1. The highest BCUT2D eigenvalue weighted by molar-refractivity contribution is 5.85. The summed E-state index contributed by atoms with van der Waals surface area (Å²) >= 11 is 0. The second-order valence-corrected chi connectivity index (χ2v) is 8.51. The number of nitrogens with zero attached hydrogens (tertiary/aromatic N) is 4. The molecule has 1 saturated heterocycles. The molecule has 32 heavy (non-hydrogen) atoms. The minimum atomic E-state index is -0.186. The summed E-state index contributed by atoms with van der Waals surface area (Å²) in [5.41, 5.74) is 5.01. The Balaban J connectivity index is 1.31. The maximum absolute atomic E-state index is 12.4. The summed E-state index contributed by atoms with van der Waals surface area (Å²) < 4.78 is 13.0. The van der Waals surface area contributed by atoms with Crippen LogP contribution in [0.5, 0.6) is 5.88 Å². The Labute approximate surface area is 188 Å². The number of aryl methyl sites for hydroxylation is 3. The Morgan fingerprint density at radius 2 is 2.09 bits per heavy atom. The van der Waals surface area contributed by atoms with Gasteiger partial charge in [0.1, 0.15) is 0 Å². The molecule has 8 nitrogen and oxygen atoms in total. The van der Waals surface area contributed by atoms with Gasteiger partial charge in [0.2, 0.25) is 5.88 Å². The maximum Gasteiger partial charge on any atom is 0.258 e. The zero-order valence-electron chi connectivity index (χ0n) is 19.2. The number of amides is 1. The van der Waals surface area contributed by atoms with Gasteiger partial charge in [-0.05, 0) is 43.5 Å². The monoisotopic (exact) mass is 437 g/mol. The molecule has 4 rings (SSSR count). The highest BCUT2D eigenvalue weighted by atomic mass is 16.5. The number of hydrogen-bond donors (Lipinski definition) is 1. The van der Waals surface area contributed by atoms with Gasteiger partial charge in [-0.15, -0.1) is 5.10 Å². The molecule has 3 aromatic rings. The van der Waals surface area contributed by atoms with Crippen LogP contribution in [0.3, 0.4) is 0 Å². The lowest BCUT2D eigenvalue weighted by Crippen LogP contribution is -2.40. The van der Waals surface area contributed by atoms with Crippen molar-refractivity contribution in [2.75, 3.05) is 26.3 Å². The lowest BCUT2D eigenvalue weighted by Gasteiger charge is -2.31. The summed E-state index contributed by atoms with van der Waals surface area (Å²) in [6.45, 7) is 9.96. The smallest absolute Gasteiger partial charge is 0.258 e. The molecule has 1 atom stereocenters. The van der Waals surface area contributed by atoms with Gasteiger partial charge in [-0.3, -0.25) is 9.69 Å². The molecule has 1 aromatic carbocycles. The summed E-state index contributed by atoms with van der Waals surface area (Å²) in [6, 6.07) is 10.3. The molecule has 1 N–H and O–H groups in total. The Hall–Kier alpha value is -2.97. The number of morpholine rings is 1. The van der Waals surface area contributed by atoms with E-state index in [2.05, 4.69) is 39.4 Å². The summed E-state index contributed by atoms with van der Waals surface area (Å²) in [5, 5.41) is 8.17. The van der Waals surface area contributed by atoms with Crippen LogP contribution < -0.4 is 10.1 Å². The van der Waals surface area contributed by atoms with Crippen molar-refractivity contribution in [1.29, 1.82) is 0 Å². The summed E-state index contributed by atoms with van der Waals surface area (Å²) in [6.07, 6.45) is 0.269. The van der Waals surface area contributed by atoms with Crippen LogP contribution in [0, 0.1) is 13.8 Å². The molecule has 1 aliphatic heterocycles. The molecule has 1 aliphatic rings. The Morgan fingerprint density at radius 1 is 1.28 bits per heavy atom. The normalized spacial score (nSPS) is 16.9. The second-order valence-electron chi connectivity index (χ2n) is 8.51. The summed E-state index contributed by atoms with van der Waals surface area (Å²) in [4.78, 5) is 19.3.